The van der Waals surface area contributed by atoms with Crippen LogP contribution in [-0.4, -0.2) is 41.2 Å². The summed E-state index contributed by atoms with van der Waals surface area (Å²) < 4.78 is 5.25. The Balaban J connectivity index is 1.62. The van der Waals surface area contributed by atoms with Crippen LogP contribution in [0.1, 0.15) is 57.4 Å². The Labute approximate surface area is 201 Å². The quantitative estimate of drug-likeness (QED) is 0.391. The predicted molar refractivity (Wildman–Crippen MR) is 130 cm³/mol. The van der Waals surface area contributed by atoms with Crippen LogP contribution in [0.3, 0.4) is 0 Å². The highest BCUT2D eigenvalue weighted by atomic mass is 32.1. The van der Waals surface area contributed by atoms with E-state index in [1.165, 1.54) is 23.8 Å². The van der Waals surface area contributed by atoms with Crippen LogP contribution in [0.2, 0.25) is 0 Å². The predicted octanol–water partition coefficient (Wildman–Crippen LogP) is 4.78. The summed E-state index contributed by atoms with van der Waals surface area (Å²) in [6, 6.07) is 13.2. The number of imide groups is 1. The van der Waals surface area contributed by atoms with Crippen molar-refractivity contribution < 1.29 is 23.9 Å². The molecule has 174 valence electrons. The van der Waals surface area contributed by atoms with Gasteiger partial charge in [-0.2, -0.15) is 0 Å². The van der Waals surface area contributed by atoms with Crippen molar-refractivity contribution in [2.75, 3.05) is 11.9 Å². The minimum absolute atomic E-state index is 0.182. The van der Waals surface area contributed by atoms with Crippen molar-refractivity contribution in [1.82, 2.24) is 4.90 Å². The van der Waals surface area contributed by atoms with E-state index < -0.39 is 29.7 Å². The van der Waals surface area contributed by atoms with Gasteiger partial charge in [-0.1, -0.05) is 43.3 Å². The van der Waals surface area contributed by atoms with Crippen molar-refractivity contribution in [1.29, 1.82) is 0 Å². The first-order chi connectivity index (χ1) is 16.4. The van der Waals surface area contributed by atoms with Crippen LogP contribution in [0.5, 0.6) is 0 Å². The van der Waals surface area contributed by atoms with E-state index in [1.807, 2.05) is 24.3 Å². The van der Waals surface area contributed by atoms with Crippen LogP contribution >= 0.6 is 11.3 Å². The zero-order valence-corrected chi connectivity index (χ0v) is 19.9. The fourth-order valence-electron chi connectivity index (χ4n) is 3.88. The fraction of sp³-hybridized carbons (Fsp3) is 0.231. The standard InChI is InChI=1S/C26H24N2O5S/c1-4-16-10-12-17(13-11-16)20-14-34-23(21(20)26(32)33-5-2)27-22(29)15(3)28-24(30)18-8-6-7-9-19(18)25(28)31/h6-15H,4-5H2,1-3H3,(H,27,29). The number of carbonyl (C=O) groups excluding carboxylic acids is 4. The third-order valence-electron chi connectivity index (χ3n) is 5.77. The van der Waals surface area contributed by atoms with E-state index in [1.54, 1.807) is 36.6 Å². The summed E-state index contributed by atoms with van der Waals surface area (Å²) in [7, 11) is 0. The van der Waals surface area contributed by atoms with Crippen LogP contribution in [-0.2, 0) is 16.0 Å². The maximum absolute atomic E-state index is 13.1. The Morgan fingerprint density at radius 1 is 0.971 bits per heavy atom. The summed E-state index contributed by atoms with van der Waals surface area (Å²) in [4.78, 5) is 52.4. The zero-order valence-electron chi connectivity index (χ0n) is 19.1. The monoisotopic (exact) mass is 476 g/mol. The van der Waals surface area contributed by atoms with Gasteiger partial charge in [-0.25, -0.2) is 4.79 Å². The molecule has 2 aromatic carbocycles. The van der Waals surface area contributed by atoms with Crippen LogP contribution in [0.25, 0.3) is 11.1 Å². The molecule has 0 saturated heterocycles. The Morgan fingerprint density at radius 2 is 1.59 bits per heavy atom. The van der Waals surface area contributed by atoms with E-state index in [9.17, 15) is 19.2 Å². The smallest absolute Gasteiger partial charge is 0.341 e. The molecule has 1 N–H and O–H groups in total. The summed E-state index contributed by atoms with van der Waals surface area (Å²) in [5.41, 5.74) is 3.43. The van der Waals surface area contributed by atoms with Gasteiger partial charge in [0.15, 0.2) is 0 Å². The topological polar surface area (TPSA) is 92.8 Å². The molecule has 3 aromatic rings. The Kier molecular flexibility index (Phi) is 6.61. The molecule has 1 aromatic heterocycles. The van der Waals surface area contributed by atoms with Gasteiger partial charge in [0.25, 0.3) is 11.8 Å². The minimum atomic E-state index is -1.07. The molecule has 0 bridgehead atoms. The van der Waals surface area contributed by atoms with Gasteiger partial charge in [0.2, 0.25) is 5.91 Å². The first-order valence-electron chi connectivity index (χ1n) is 11.0. The Bertz CT molecular complexity index is 1240. The third kappa shape index (κ3) is 4.12. The number of anilines is 1. The van der Waals surface area contributed by atoms with Crippen molar-refractivity contribution in [2.24, 2.45) is 0 Å². The van der Waals surface area contributed by atoms with Gasteiger partial charge in [0, 0.05) is 10.9 Å². The number of carbonyl (C=O) groups is 4. The van der Waals surface area contributed by atoms with Gasteiger partial charge in [0.1, 0.15) is 16.6 Å². The van der Waals surface area contributed by atoms with E-state index in [2.05, 4.69) is 12.2 Å². The van der Waals surface area contributed by atoms with Gasteiger partial charge in [-0.05, 0) is 43.5 Å². The maximum Gasteiger partial charge on any atom is 0.341 e. The second-order valence-corrected chi connectivity index (χ2v) is 8.70. The van der Waals surface area contributed by atoms with E-state index in [-0.39, 0.29) is 23.3 Å². The first kappa shape index (κ1) is 23.4. The summed E-state index contributed by atoms with van der Waals surface area (Å²) in [6.07, 6.45) is 0.894. The molecule has 4 rings (SSSR count). The van der Waals surface area contributed by atoms with E-state index in [0.717, 1.165) is 16.9 Å². The molecule has 1 atom stereocenters. The largest absolute Gasteiger partial charge is 0.462 e. The van der Waals surface area contributed by atoms with Crippen molar-refractivity contribution in [3.8, 4) is 11.1 Å². The molecule has 0 aliphatic carbocycles. The van der Waals surface area contributed by atoms with Crippen molar-refractivity contribution in [2.45, 2.75) is 33.2 Å². The number of nitrogens with one attached hydrogen (secondary N) is 1. The Hall–Kier alpha value is -3.78. The average molecular weight is 477 g/mol. The third-order valence-corrected chi connectivity index (χ3v) is 6.67. The number of fused-ring (bicyclic) bond motifs is 1. The molecule has 2 heterocycles. The minimum Gasteiger partial charge on any atom is -0.462 e. The molecule has 8 heteroatoms. The number of benzene rings is 2. The molecule has 0 spiro atoms. The molecule has 7 nitrogen and oxygen atoms in total. The van der Waals surface area contributed by atoms with Crippen molar-refractivity contribution in [3.05, 3.63) is 76.2 Å². The lowest BCUT2D eigenvalue weighted by atomic mass is 10.0. The highest BCUT2D eigenvalue weighted by molar-refractivity contribution is 7.15. The molecule has 1 aliphatic rings. The van der Waals surface area contributed by atoms with Crippen LogP contribution < -0.4 is 5.32 Å². The molecule has 34 heavy (non-hydrogen) atoms. The average Bonchev–Trinajstić information content (AvgIpc) is 3.37. The molecule has 3 amide bonds. The van der Waals surface area contributed by atoms with Gasteiger partial charge in [-0.3, -0.25) is 19.3 Å². The lowest BCUT2D eigenvalue weighted by molar-refractivity contribution is -0.119. The summed E-state index contributed by atoms with van der Waals surface area (Å²) in [5.74, 6) is -2.16. The van der Waals surface area contributed by atoms with E-state index >= 15 is 0 Å². The normalized spacial score (nSPS) is 13.6. The number of thiophene rings is 1. The summed E-state index contributed by atoms with van der Waals surface area (Å²) in [6.45, 7) is 5.44. The van der Waals surface area contributed by atoms with Crippen molar-refractivity contribution in [3.63, 3.8) is 0 Å². The second kappa shape index (κ2) is 9.61. The van der Waals surface area contributed by atoms with Crippen LogP contribution in [0.4, 0.5) is 5.00 Å². The molecule has 1 aliphatic heterocycles. The highest BCUT2D eigenvalue weighted by Gasteiger charge is 2.41. The van der Waals surface area contributed by atoms with Crippen molar-refractivity contribution >= 4 is 40.0 Å². The second-order valence-electron chi connectivity index (χ2n) is 7.82. The van der Waals surface area contributed by atoms with Gasteiger partial charge >= 0.3 is 5.97 Å². The fourth-order valence-corrected chi connectivity index (χ4v) is 4.84. The lowest BCUT2D eigenvalue weighted by Crippen LogP contribution is -2.45. The molecular formula is C26H24N2O5S. The van der Waals surface area contributed by atoms with Gasteiger partial charge in [-0.15, -0.1) is 11.3 Å². The summed E-state index contributed by atoms with van der Waals surface area (Å²) >= 11 is 1.19. The zero-order chi connectivity index (χ0) is 24.4. The number of rotatable bonds is 7. The maximum atomic E-state index is 13.1. The lowest BCUT2D eigenvalue weighted by Gasteiger charge is -2.21. The molecule has 1 unspecified atom stereocenters. The molecule has 0 saturated carbocycles. The highest BCUT2D eigenvalue weighted by Crippen LogP contribution is 2.37. The molecular weight excluding hydrogens is 452 g/mol. The number of esters is 1. The van der Waals surface area contributed by atoms with Crippen LogP contribution in [0, 0.1) is 0 Å². The molecule has 0 fully saturated rings. The number of nitrogens with zero attached hydrogens (tertiary/aromatic N) is 1. The number of amides is 3. The first-order valence-corrected chi connectivity index (χ1v) is 11.9. The number of hydrogen-bond donors (Lipinski definition) is 1. The van der Waals surface area contributed by atoms with Gasteiger partial charge < -0.3 is 10.1 Å². The molecule has 0 radical (unpaired) electrons. The van der Waals surface area contributed by atoms with E-state index in [0.29, 0.717) is 10.6 Å². The number of aryl methyl sites for hydroxylation is 1. The van der Waals surface area contributed by atoms with Gasteiger partial charge in [0.05, 0.1) is 17.7 Å². The SMILES string of the molecule is CCOC(=O)c1c(-c2ccc(CC)cc2)csc1NC(=O)C(C)N1C(=O)c2ccccc2C1=O. The van der Waals surface area contributed by atoms with Crippen LogP contribution in [0.15, 0.2) is 53.9 Å². The number of ether oxygens (including phenoxy) is 1. The van der Waals surface area contributed by atoms with E-state index in [4.69, 9.17) is 4.74 Å². The number of hydrogen-bond acceptors (Lipinski definition) is 6. The summed E-state index contributed by atoms with van der Waals surface area (Å²) in [5, 5.41) is 4.83. The Morgan fingerprint density at radius 3 is 2.15 bits per heavy atom.